The van der Waals surface area contributed by atoms with Crippen LogP contribution in [0.5, 0.6) is 0 Å². The van der Waals surface area contributed by atoms with Crippen molar-refractivity contribution in [1.82, 2.24) is 10.3 Å². The number of rotatable bonds is 6. The first kappa shape index (κ1) is 15.2. The zero-order chi connectivity index (χ0) is 13.8. The van der Waals surface area contributed by atoms with Crippen molar-refractivity contribution in [2.24, 2.45) is 0 Å². The second-order valence-electron chi connectivity index (χ2n) is 4.57. The summed E-state index contributed by atoms with van der Waals surface area (Å²) in [5.74, 6) is 1.62. The van der Waals surface area contributed by atoms with Crippen LogP contribution in [0.25, 0.3) is 11.3 Å². The van der Waals surface area contributed by atoms with Crippen LogP contribution < -0.4 is 5.32 Å². The second kappa shape index (κ2) is 7.02. The third-order valence-corrected chi connectivity index (χ3v) is 4.93. The van der Waals surface area contributed by atoms with E-state index >= 15 is 0 Å². The van der Waals surface area contributed by atoms with Crippen LogP contribution in [-0.2, 0) is 6.42 Å². The first-order valence-corrected chi connectivity index (χ1v) is 8.60. The minimum atomic E-state index is 0.527. The van der Waals surface area contributed by atoms with Gasteiger partial charge in [-0.25, -0.2) is 4.98 Å². The van der Waals surface area contributed by atoms with Gasteiger partial charge in [-0.3, -0.25) is 0 Å². The molecule has 1 N–H and O–H groups in total. The zero-order valence-electron chi connectivity index (χ0n) is 10.9. The highest BCUT2D eigenvalue weighted by molar-refractivity contribution is 9.12. The fourth-order valence-electron chi connectivity index (χ4n) is 1.69. The summed E-state index contributed by atoms with van der Waals surface area (Å²) < 4.78 is 7.92. The van der Waals surface area contributed by atoms with E-state index in [4.69, 9.17) is 4.42 Å². The average Bonchev–Trinajstić information content (AvgIpc) is 2.91. The van der Waals surface area contributed by atoms with Gasteiger partial charge >= 0.3 is 0 Å². The van der Waals surface area contributed by atoms with Gasteiger partial charge in [0, 0.05) is 18.0 Å². The Kier molecular flexibility index (Phi) is 5.62. The summed E-state index contributed by atoms with van der Waals surface area (Å²) >= 11 is 8.64. The van der Waals surface area contributed by atoms with Gasteiger partial charge in [0.1, 0.15) is 0 Å². The van der Waals surface area contributed by atoms with Crippen LogP contribution in [0.3, 0.4) is 0 Å². The first-order valence-electron chi connectivity index (χ1n) is 6.19. The molecule has 0 aromatic carbocycles. The number of thiophene rings is 1. The summed E-state index contributed by atoms with van der Waals surface area (Å²) in [5.41, 5.74) is 1.05. The van der Waals surface area contributed by atoms with Gasteiger partial charge < -0.3 is 9.73 Å². The SMILES string of the molecule is CC(C)NCCCc1ncc(-c2cc(Br)sc2Br)o1. The van der Waals surface area contributed by atoms with Gasteiger partial charge in [0.15, 0.2) is 11.7 Å². The molecule has 0 saturated heterocycles. The minimum absolute atomic E-state index is 0.527. The third-order valence-electron chi connectivity index (χ3n) is 2.60. The number of hydrogen-bond donors (Lipinski definition) is 1. The Labute approximate surface area is 134 Å². The van der Waals surface area contributed by atoms with Crippen LogP contribution in [0.2, 0.25) is 0 Å². The molecule has 0 aliphatic heterocycles. The van der Waals surface area contributed by atoms with Crippen molar-refractivity contribution in [3.05, 3.63) is 25.7 Å². The molecule has 2 rings (SSSR count). The van der Waals surface area contributed by atoms with Crippen molar-refractivity contribution in [3.63, 3.8) is 0 Å². The number of halogens is 2. The van der Waals surface area contributed by atoms with Gasteiger partial charge in [-0.15, -0.1) is 11.3 Å². The molecule has 0 spiro atoms. The Bertz CT molecular complexity index is 536. The highest BCUT2D eigenvalue weighted by Crippen LogP contribution is 2.38. The standard InChI is InChI=1S/C13H16Br2N2OS/c1-8(2)16-5-3-4-12-17-7-10(18-12)9-6-11(14)19-13(9)15/h6-8,16H,3-5H2,1-2H3. The van der Waals surface area contributed by atoms with E-state index in [-0.39, 0.29) is 0 Å². The average molecular weight is 408 g/mol. The monoisotopic (exact) mass is 406 g/mol. The first-order chi connectivity index (χ1) is 9.06. The van der Waals surface area contributed by atoms with Crippen molar-refractivity contribution in [2.75, 3.05) is 6.54 Å². The van der Waals surface area contributed by atoms with Crippen LogP contribution in [0.15, 0.2) is 24.3 Å². The molecule has 0 amide bonds. The Balaban J connectivity index is 1.94. The van der Waals surface area contributed by atoms with Crippen molar-refractivity contribution in [2.45, 2.75) is 32.7 Å². The summed E-state index contributed by atoms with van der Waals surface area (Å²) in [5, 5.41) is 3.39. The van der Waals surface area contributed by atoms with Gasteiger partial charge in [0.2, 0.25) is 0 Å². The largest absolute Gasteiger partial charge is 0.441 e. The van der Waals surface area contributed by atoms with Crippen LogP contribution >= 0.6 is 43.2 Å². The van der Waals surface area contributed by atoms with Gasteiger partial charge in [0.05, 0.1) is 13.8 Å². The molecule has 0 saturated carbocycles. The number of nitrogens with one attached hydrogen (secondary N) is 1. The molecule has 0 aliphatic carbocycles. The van der Waals surface area contributed by atoms with Crippen LogP contribution in [0, 0.1) is 0 Å². The molecule has 0 radical (unpaired) electrons. The van der Waals surface area contributed by atoms with Crippen molar-refractivity contribution in [1.29, 1.82) is 0 Å². The molecule has 0 atom stereocenters. The molecule has 3 nitrogen and oxygen atoms in total. The smallest absolute Gasteiger partial charge is 0.194 e. The van der Waals surface area contributed by atoms with E-state index in [9.17, 15) is 0 Å². The predicted octanol–water partition coefficient (Wildman–Crippen LogP) is 4.86. The van der Waals surface area contributed by atoms with E-state index in [0.29, 0.717) is 6.04 Å². The van der Waals surface area contributed by atoms with E-state index in [1.54, 1.807) is 17.5 Å². The summed E-state index contributed by atoms with van der Waals surface area (Å²) in [7, 11) is 0. The predicted molar refractivity (Wildman–Crippen MR) is 86.7 cm³/mol. The van der Waals surface area contributed by atoms with Crippen LogP contribution in [-0.4, -0.2) is 17.6 Å². The molecule has 19 heavy (non-hydrogen) atoms. The summed E-state index contributed by atoms with van der Waals surface area (Å²) in [6.07, 6.45) is 3.69. The van der Waals surface area contributed by atoms with Gasteiger partial charge in [-0.2, -0.15) is 0 Å². The van der Waals surface area contributed by atoms with Gasteiger partial charge in [0.25, 0.3) is 0 Å². The lowest BCUT2D eigenvalue weighted by Crippen LogP contribution is -2.23. The number of oxazole rings is 1. The van der Waals surface area contributed by atoms with E-state index in [1.807, 2.05) is 6.07 Å². The molecule has 0 bridgehead atoms. The summed E-state index contributed by atoms with van der Waals surface area (Å²) in [6.45, 7) is 5.29. The topological polar surface area (TPSA) is 38.1 Å². The summed E-state index contributed by atoms with van der Waals surface area (Å²) in [4.78, 5) is 4.33. The van der Waals surface area contributed by atoms with Crippen LogP contribution in [0.1, 0.15) is 26.2 Å². The molecule has 2 aromatic heterocycles. The van der Waals surface area contributed by atoms with E-state index < -0.39 is 0 Å². The molecule has 0 aliphatic rings. The highest BCUT2D eigenvalue weighted by Gasteiger charge is 2.12. The maximum absolute atomic E-state index is 5.79. The van der Waals surface area contributed by atoms with Gasteiger partial charge in [-0.05, 0) is 50.9 Å². The molecule has 2 heterocycles. The Morgan fingerprint density at radius 2 is 2.21 bits per heavy atom. The lowest BCUT2D eigenvalue weighted by molar-refractivity contribution is 0.484. The van der Waals surface area contributed by atoms with Crippen molar-refractivity contribution >= 4 is 43.2 Å². The maximum Gasteiger partial charge on any atom is 0.194 e. The quantitative estimate of drug-likeness (QED) is 0.694. The zero-order valence-corrected chi connectivity index (χ0v) is 14.9. The van der Waals surface area contributed by atoms with E-state index in [2.05, 4.69) is 56.0 Å². The number of aromatic nitrogens is 1. The molecule has 104 valence electrons. The molecule has 0 unspecified atom stereocenters. The highest BCUT2D eigenvalue weighted by atomic mass is 79.9. The molecular formula is C13H16Br2N2OS. The molecule has 0 fully saturated rings. The Morgan fingerprint density at radius 3 is 2.84 bits per heavy atom. The second-order valence-corrected chi connectivity index (χ2v) is 8.32. The third kappa shape index (κ3) is 4.41. The molecular weight excluding hydrogens is 392 g/mol. The Hall–Kier alpha value is -0.170. The van der Waals surface area contributed by atoms with Crippen molar-refractivity contribution in [3.8, 4) is 11.3 Å². The van der Waals surface area contributed by atoms with Crippen LogP contribution in [0.4, 0.5) is 0 Å². The van der Waals surface area contributed by atoms with E-state index in [1.165, 1.54) is 0 Å². The summed E-state index contributed by atoms with van der Waals surface area (Å²) in [6, 6.07) is 2.57. The molecule has 6 heteroatoms. The Morgan fingerprint density at radius 1 is 1.42 bits per heavy atom. The fourth-order valence-corrected chi connectivity index (χ4v) is 4.51. The lowest BCUT2D eigenvalue weighted by atomic mass is 10.3. The van der Waals surface area contributed by atoms with Crippen molar-refractivity contribution < 1.29 is 4.42 Å². The lowest BCUT2D eigenvalue weighted by Gasteiger charge is -2.05. The van der Waals surface area contributed by atoms with Gasteiger partial charge in [-0.1, -0.05) is 13.8 Å². The number of aryl methyl sites for hydroxylation is 1. The normalized spacial score (nSPS) is 11.4. The minimum Gasteiger partial charge on any atom is -0.441 e. The van der Waals surface area contributed by atoms with E-state index in [0.717, 1.165) is 44.2 Å². The number of hydrogen-bond acceptors (Lipinski definition) is 4. The number of nitrogens with zero attached hydrogens (tertiary/aromatic N) is 1. The molecule has 2 aromatic rings. The maximum atomic E-state index is 5.79. The fraction of sp³-hybridized carbons (Fsp3) is 0.462.